The summed E-state index contributed by atoms with van der Waals surface area (Å²) in [6, 6.07) is 17.7. The van der Waals surface area contributed by atoms with Gasteiger partial charge in [0, 0.05) is 6.61 Å². The van der Waals surface area contributed by atoms with Gasteiger partial charge in [-0.1, -0.05) is 30.3 Å². The summed E-state index contributed by atoms with van der Waals surface area (Å²) in [4.78, 5) is 10.4. The largest absolute Gasteiger partial charge is 0.480 e. The zero-order valence-corrected chi connectivity index (χ0v) is 14.7. The highest BCUT2D eigenvalue weighted by Gasteiger charge is 2.29. The quantitative estimate of drug-likeness (QED) is 0.644. The predicted molar refractivity (Wildman–Crippen MR) is 97.3 cm³/mol. The van der Waals surface area contributed by atoms with Gasteiger partial charge in [-0.25, -0.2) is 4.79 Å². The Hall–Kier alpha value is -2.37. The molecule has 5 heteroatoms. The molecule has 0 aliphatic heterocycles. The Kier molecular flexibility index (Phi) is 6.63. The summed E-state index contributed by atoms with van der Waals surface area (Å²) in [5.41, 5.74) is 1.09. The Morgan fingerprint density at radius 1 is 1.04 bits per heavy atom. The van der Waals surface area contributed by atoms with Crippen LogP contribution in [0.25, 0.3) is 0 Å². The molecule has 1 aliphatic carbocycles. The number of hydrogen-bond acceptors (Lipinski definition) is 4. The second-order valence-electron chi connectivity index (χ2n) is 6.57. The molecule has 26 heavy (non-hydrogen) atoms. The maximum absolute atomic E-state index is 10.4. The molecule has 5 nitrogen and oxygen atoms in total. The fourth-order valence-corrected chi connectivity index (χ4v) is 2.99. The van der Waals surface area contributed by atoms with Crippen LogP contribution >= 0.6 is 0 Å². The molecule has 138 valence electrons. The van der Waals surface area contributed by atoms with E-state index in [4.69, 9.17) is 19.3 Å². The molecule has 3 rings (SSSR count). The lowest BCUT2D eigenvalue weighted by atomic mass is 9.80. The molecule has 0 spiro atoms. The van der Waals surface area contributed by atoms with Crippen LogP contribution in [0.4, 0.5) is 0 Å². The van der Waals surface area contributed by atoms with Gasteiger partial charge in [-0.05, 0) is 55.0 Å². The van der Waals surface area contributed by atoms with Crippen LogP contribution in [-0.4, -0.2) is 30.4 Å². The zero-order chi connectivity index (χ0) is 18.2. The van der Waals surface area contributed by atoms with Gasteiger partial charge in [-0.2, -0.15) is 0 Å². The van der Waals surface area contributed by atoms with E-state index in [1.165, 1.54) is 0 Å². The number of carboxylic acid groups (broad SMARTS) is 1. The summed E-state index contributed by atoms with van der Waals surface area (Å²) in [5, 5.41) is 8.52. The molecule has 2 aromatic carbocycles. The Bertz CT molecular complexity index is 695. The summed E-state index contributed by atoms with van der Waals surface area (Å²) in [5.74, 6) is 1.27. The Balaban J connectivity index is 1.36. The molecule has 1 aliphatic rings. The number of rotatable bonds is 10. The smallest absolute Gasteiger partial charge is 0.329 e. The maximum Gasteiger partial charge on any atom is 0.329 e. The molecule has 0 heterocycles. The van der Waals surface area contributed by atoms with Gasteiger partial charge in [0.2, 0.25) is 0 Å². The van der Waals surface area contributed by atoms with Crippen molar-refractivity contribution in [2.75, 3.05) is 13.2 Å². The minimum Gasteiger partial charge on any atom is -0.480 e. The first-order valence-corrected chi connectivity index (χ1v) is 8.92. The van der Waals surface area contributed by atoms with Gasteiger partial charge in [-0.15, -0.1) is 0 Å². The van der Waals surface area contributed by atoms with Crippen LogP contribution < -0.4 is 4.74 Å². The van der Waals surface area contributed by atoms with Crippen LogP contribution in [0.15, 0.2) is 54.6 Å². The van der Waals surface area contributed by atoms with Gasteiger partial charge in [0.1, 0.15) is 18.1 Å². The molecule has 1 saturated carbocycles. The summed E-state index contributed by atoms with van der Waals surface area (Å²) in [6.45, 7) is 0.857. The lowest BCUT2D eigenvalue weighted by molar-refractivity contribution is -0.142. The number of ether oxygens (including phenoxy) is 3. The van der Waals surface area contributed by atoms with E-state index in [-0.39, 0.29) is 12.7 Å². The lowest BCUT2D eigenvalue weighted by Gasteiger charge is -2.35. The topological polar surface area (TPSA) is 65.0 Å². The van der Waals surface area contributed by atoms with E-state index >= 15 is 0 Å². The fourth-order valence-electron chi connectivity index (χ4n) is 2.99. The number of aliphatic carboxylic acids is 1. The zero-order valence-electron chi connectivity index (χ0n) is 14.7. The van der Waals surface area contributed by atoms with Crippen LogP contribution in [-0.2, 0) is 20.9 Å². The Morgan fingerprint density at radius 3 is 2.58 bits per heavy atom. The van der Waals surface area contributed by atoms with Crippen LogP contribution in [0, 0.1) is 5.92 Å². The average molecular weight is 356 g/mol. The average Bonchev–Trinajstić information content (AvgIpc) is 2.60. The van der Waals surface area contributed by atoms with Crippen LogP contribution in [0.5, 0.6) is 11.5 Å². The highest BCUT2D eigenvalue weighted by molar-refractivity contribution is 5.67. The van der Waals surface area contributed by atoms with Gasteiger partial charge >= 0.3 is 5.97 Å². The predicted octanol–water partition coefficient (Wildman–Crippen LogP) is 4.27. The van der Waals surface area contributed by atoms with Gasteiger partial charge < -0.3 is 19.3 Å². The van der Waals surface area contributed by atoms with E-state index in [0.717, 1.165) is 36.3 Å². The second kappa shape index (κ2) is 9.36. The molecular formula is C21H24O5. The van der Waals surface area contributed by atoms with Crippen LogP contribution in [0.3, 0.4) is 0 Å². The van der Waals surface area contributed by atoms with E-state index in [1.54, 1.807) is 0 Å². The standard InChI is InChI=1S/C21H24O5/c22-21(23)15-24-10-9-16-11-20(12-16)25-14-17-5-4-8-19(13-17)26-18-6-2-1-3-7-18/h1-8,13,16,20H,9-12,14-15H2,(H,22,23). The fraction of sp³-hybridized carbons (Fsp3) is 0.381. The summed E-state index contributed by atoms with van der Waals surface area (Å²) < 4.78 is 16.9. The third kappa shape index (κ3) is 5.86. The third-order valence-electron chi connectivity index (χ3n) is 4.45. The van der Waals surface area contributed by atoms with Crippen molar-refractivity contribution >= 4 is 5.97 Å². The molecule has 1 N–H and O–H groups in total. The molecule has 0 bridgehead atoms. The molecule has 0 aromatic heterocycles. The second-order valence-corrected chi connectivity index (χ2v) is 6.57. The molecule has 0 atom stereocenters. The molecular weight excluding hydrogens is 332 g/mol. The third-order valence-corrected chi connectivity index (χ3v) is 4.45. The van der Waals surface area contributed by atoms with Crippen molar-refractivity contribution in [2.24, 2.45) is 5.92 Å². The van der Waals surface area contributed by atoms with E-state index in [0.29, 0.717) is 19.1 Å². The van der Waals surface area contributed by atoms with E-state index in [1.807, 2.05) is 54.6 Å². The first-order chi connectivity index (χ1) is 12.7. The maximum atomic E-state index is 10.4. The van der Waals surface area contributed by atoms with Crippen LogP contribution in [0.1, 0.15) is 24.8 Å². The van der Waals surface area contributed by atoms with E-state index in [9.17, 15) is 4.79 Å². The van der Waals surface area contributed by atoms with Crippen molar-refractivity contribution in [3.8, 4) is 11.5 Å². The minimum absolute atomic E-state index is 0.214. The first-order valence-electron chi connectivity index (χ1n) is 8.92. The van der Waals surface area contributed by atoms with Crippen molar-refractivity contribution in [1.29, 1.82) is 0 Å². The van der Waals surface area contributed by atoms with Crippen molar-refractivity contribution in [3.05, 3.63) is 60.2 Å². The summed E-state index contributed by atoms with van der Waals surface area (Å²) >= 11 is 0. The number of carbonyl (C=O) groups is 1. The molecule has 0 saturated heterocycles. The Labute approximate surface area is 153 Å². The first kappa shape index (κ1) is 18.4. The van der Waals surface area contributed by atoms with Crippen molar-refractivity contribution < 1.29 is 24.1 Å². The number of carboxylic acids is 1. The van der Waals surface area contributed by atoms with E-state index < -0.39 is 5.97 Å². The van der Waals surface area contributed by atoms with Crippen molar-refractivity contribution in [1.82, 2.24) is 0 Å². The molecule has 0 amide bonds. The molecule has 1 fully saturated rings. The monoisotopic (exact) mass is 356 g/mol. The summed E-state index contributed by atoms with van der Waals surface area (Å²) in [6.07, 6.45) is 3.19. The number of hydrogen-bond donors (Lipinski definition) is 1. The normalized spacial score (nSPS) is 18.9. The van der Waals surface area contributed by atoms with Crippen molar-refractivity contribution in [3.63, 3.8) is 0 Å². The van der Waals surface area contributed by atoms with Gasteiger partial charge in [0.25, 0.3) is 0 Å². The lowest BCUT2D eigenvalue weighted by Crippen LogP contribution is -2.32. The number of benzene rings is 2. The highest BCUT2D eigenvalue weighted by atomic mass is 16.5. The molecule has 2 aromatic rings. The van der Waals surface area contributed by atoms with Crippen LogP contribution in [0.2, 0.25) is 0 Å². The van der Waals surface area contributed by atoms with Gasteiger partial charge in [0.15, 0.2) is 0 Å². The van der Waals surface area contributed by atoms with Crippen molar-refractivity contribution in [2.45, 2.75) is 32.0 Å². The summed E-state index contributed by atoms with van der Waals surface area (Å²) in [7, 11) is 0. The van der Waals surface area contributed by atoms with E-state index in [2.05, 4.69) is 0 Å². The molecule has 0 unspecified atom stereocenters. The molecule has 0 radical (unpaired) electrons. The van der Waals surface area contributed by atoms with Gasteiger partial charge in [0.05, 0.1) is 12.7 Å². The minimum atomic E-state index is -0.918. The Morgan fingerprint density at radius 2 is 1.81 bits per heavy atom. The number of para-hydroxylation sites is 1. The highest BCUT2D eigenvalue weighted by Crippen LogP contribution is 2.33. The SMILES string of the molecule is O=C(O)COCCC1CC(OCc2cccc(Oc3ccccc3)c2)C1. The van der Waals surface area contributed by atoms with Gasteiger partial charge in [-0.3, -0.25) is 0 Å².